The highest BCUT2D eigenvalue weighted by Crippen LogP contribution is 2.20. The Balaban J connectivity index is 2.43. The lowest BCUT2D eigenvalue weighted by Crippen LogP contribution is -2.32. The number of carbonyl (C=O) groups is 1. The second-order valence-electron chi connectivity index (χ2n) is 5.37. The monoisotopic (exact) mass is 288 g/mol. The third-order valence-electron chi connectivity index (χ3n) is 2.37. The maximum absolute atomic E-state index is 11.4. The van der Waals surface area contributed by atoms with Crippen LogP contribution in [-0.2, 0) is 4.74 Å². The van der Waals surface area contributed by atoms with Gasteiger partial charge in [0.25, 0.3) is 0 Å². The Kier molecular flexibility index (Phi) is 6.30. The number of carbonyl (C=O) groups excluding carboxylic acids is 1. The number of benzene rings is 1. The molecule has 0 heterocycles. The smallest absolute Gasteiger partial charge is 0.407 e. The lowest BCUT2D eigenvalue weighted by atomic mass is 10.1. The van der Waals surface area contributed by atoms with Crippen LogP contribution in [0.4, 0.5) is 10.5 Å². The summed E-state index contributed by atoms with van der Waals surface area (Å²) in [7, 11) is 0. The molecule has 0 bridgehead atoms. The molecule has 0 unspecified atom stereocenters. The zero-order valence-corrected chi connectivity index (χ0v) is 12.5. The number of hydrogen-bond acceptors (Lipinski definition) is 3. The van der Waals surface area contributed by atoms with Crippen molar-refractivity contribution in [2.75, 3.05) is 6.54 Å². The normalized spacial score (nSPS) is 11.0. The largest absolute Gasteiger partial charge is 0.444 e. The first-order valence-corrected chi connectivity index (χ1v) is 6.70. The van der Waals surface area contributed by atoms with Crippen molar-refractivity contribution in [1.29, 1.82) is 0 Å². The van der Waals surface area contributed by atoms with Crippen LogP contribution in [0, 0.1) is 0 Å². The Morgan fingerprint density at radius 2 is 2.14 bits per heavy atom. The molecule has 21 heavy (non-hydrogen) atoms. The third-order valence-corrected chi connectivity index (χ3v) is 2.37. The van der Waals surface area contributed by atoms with Gasteiger partial charge in [-0.25, -0.2) is 4.79 Å². The molecular formula is C15H20N4O2. The molecule has 6 nitrogen and oxygen atoms in total. The topological polar surface area (TPSA) is 87.1 Å². The standard InChI is InChI=1S/C15H20N4O2/c1-15(2,3)21-14(20)17-11-7-6-9-12-8-4-5-10-13(12)18-19-16/h4-6,8-10H,7,11H2,1-3H3,(H,17,20). The fourth-order valence-electron chi connectivity index (χ4n) is 1.55. The minimum Gasteiger partial charge on any atom is -0.444 e. The molecule has 0 aliphatic heterocycles. The number of alkyl carbamates (subject to hydrolysis) is 1. The fraction of sp³-hybridized carbons (Fsp3) is 0.400. The lowest BCUT2D eigenvalue weighted by molar-refractivity contribution is 0.0529. The summed E-state index contributed by atoms with van der Waals surface area (Å²) < 4.78 is 5.12. The first-order chi connectivity index (χ1) is 9.92. The van der Waals surface area contributed by atoms with E-state index < -0.39 is 11.7 Å². The van der Waals surface area contributed by atoms with Crippen LogP contribution in [0.1, 0.15) is 32.8 Å². The summed E-state index contributed by atoms with van der Waals surface area (Å²) in [6.07, 6.45) is 4.00. The number of azide groups is 1. The molecule has 6 heteroatoms. The molecule has 0 fully saturated rings. The van der Waals surface area contributed by atoms with Gasteiger partial charge in [0.05, 0.1) is 0 Å². The summed E-state index contributed by atoms with van der Waals surface area (Å²) in [4.78, 5) is 14.2. The van der Waals surface area contributed by atoms with Crippen molar-refractivity contribution in [3.63, 3.8) is 0 Å². The van der Waals surface area contributed by atoms with Crippen molar-refractivity contribution in [2.24, 2.45) is 5.11 Å². The number of ether oxygens (including phenoxy) is 1. The average Bonchev–Trinajstić information content (AvgIpc) is 2.38. The van der Waals surface area contributed by atoms with Gasteiger partial charge < -0.3 is 10.1 Å². The van der Waals surface area contributed by atoms with Gasteiger partial charge in [-0.3, -0.25) is 0 Å². The Morgan fingerprint density at radius 3 is 2.81 bits per heavy atom. The summed E-state index contributed by atoms with van der Waals surface area (Å²) in [5.41, 5.74) is 9.41. The number of rotatable bonds is 5. The van der Waals surface area contributed by atoms with Gasteiger partial charge in [0, 0.05) is 17.1 Å². The predicted molar refractivity (Wildman–Crippen MR) is 83.1 cm³/mol. The van der Waals surface area contributed by atoms with Gasteiger partial charge in [0.2, 0.25) is 0 Å². The summed E-state index contributed by atoms with van der Waals surface area (Å²) in [6, 6.07) is 7.29. The van der Waals surface area contributed by atoms with Crippen LogP contribution in [0.3, 0.4) is 0 Å². The number of nitrogens with one attached hydrogen (secondary N) is 1. The summed E-state index contributed by atoms with van der Waals surface area (Å²) in [5.74, 6) is 0. The van der Waals surface area contributed by atoms with E-state index >= 15 is 0 Å². The second-order valence-corrected chi connectivity index (χ2v) is 5.37. The summed E-state index contributed by atoms with van der Waals surface area (Å²) >= 11 is 0. The van der Waals surface area contributed by atoms with Gasteiger partial charge >= 0.3 is 6.09 Å². The minimum atomic E-state index is -0.492. The number of hydrogen-bond donors (Lipinski definition) is 1. The van der Waals surface area contributed by atoms with E-state index in [9.17, 15) is 4.79 Å². The van der Waals surface area contributed by atoms with Crippen molar-refractivity contribution in [3.8, 4) is 0 Å². The zero-order chi connectivity index (χ0) is 15.7. The van der Waals surface area contributed by atoms with Crippen LogP contribution < -0.4 is 5.32 Å². The van der Waals surface area contributed by atoms with Crippen LogP contribution in [0.2, 0.25) is 0 Å². The summed E-state index contributed by atoms with van der Waals surface area (Å²) in [6.45, 7) is 5.94. The molecule has 1 N–H and O–H groups in total. The molecule has 0 radical (unpaired) electrons. The maximum atomic E-state index is 11.4. The highest BCUT2D eigenvalue weighted by Gasteiger charge is 2.15. The molecule has 1 rings (SSSR count). The van der Waals surface area contributed by atoms with Crippen LogP contribution in [0.15, 0.2) is 35.5 Å². The molecule has 0 aliphatic carbocycles. The molecule has 0 saturated carbocycles. The molecule has 0 spiro atoms. The van der Waals surface area contributed by atoms with Crippen molar-refractivity contribution in [3.05, 3.63) is 46.3 Å². The van der Waals surface area contributed by atoms with Gasteiger partial charge in [0.15, 0.2) is 0 Å². The van der Waals surface area contributed by atoms with Crippen LogP contribution in [0.5, 0.6) is 0 Å². The van der Waals surface area contributed by atoms with E-state index in [-0.39, 0.29) is 0 Å². The number of amides is 1. The Bertz CT molecular complexity index is 555. The molecule has 1 aromatic carbocycles. The predicted octanol–water partition coefficient (Wildman–Crippen LogP) is 4.56. The molecular weight excluding hydrogens is 268 g/mol. The van der Waals surface area contributed by atoms with Gasteiger partial charge in [-0.05, 0) is 38.3 Å². The maximum Gasteiger partial charge on any atom is 0.407 e. The van der Waals surface area contributed by atoms with Crippen LogP contribution >= 0.6 is 0 Å². The molecule has 0 aliphatic rings. The van der Waals surface area contributed by atoms with Crippen LogP contribution in [-0.4, -0.2) is 18.2 Å². The Labute approximate surface area is 124 Å². The van der Waals surface area contributed by atoms with Crippen molar-refractivity contribution in [1.82, 2.24) is 5.32 Å². The van der Waals surface area contributed by atoms with Gasteiger partial charge in [-0.1, -0.05) is 41.5 Å². The first-order valence-electron chi connectivity index (χ1n) is 6.70. The average molecular weight is 288 g/mol. The van der Waals surface area contributed by atoms with Gasteiger partial charge in [-0.2, -0.15) is 0 Å². The highest BCUT2D eigenvalue weighted by atomic mass is 16.6. The Hall–Kier alpha value is -2.46. The molecule has 0 saturated heterocycles. The van der Waals surface area contributed by atoms with Gasteiger partial charge in [-0.15, -0.1) is 0 Å². The second kappa shape index (κ2) is 7.97. The Morgan fingerprint density at radius 1 is 1.43 bits per heavy atom. The third kappa shape index (κ3) is 7.03. The number of nitrogens with zero attached hydrogens (tertiary/aromatic N) is 3. The molecule has 112 valence electrons. The van der Waals surface area contributed by atoms with E-state index in [4.69, 9.17) is 10.3 Å². The van der Waals surface area contributed by atoms with E-state index in [1.54, 1.807) is 6.07 Å². The fourth-order valence-corrected chi connectivity index (χ4v) is 1.55. The van der Waals surface area contributed by atoms with Gasteiger partial charge in [0.1, 0.15) is 5.60 Å². The quantitative estimate of drug-likeness (QED) is 0.372. The SMILES string of the molecule is CC(C)(C)OC(=O)NCCC=Cc1ccccc1N=[N+]=[N-]. The molecule has 1 amide bonds. The van der Waals surface area contributed by atoms with E-state index in [1.807, 2.05) is 51.1 Å². The molecule has 0 atom stereocenters. The van der Waals surface area contributed by atoms with E-state index in [0.717, 1.165) is 5.56 Å². The van der Waals surface area contributed by atoms with Crippen molar-refractivity contribution < 1.29 is 9.53 Å². The molecule has 1 aromatic rings. The first kappa shape index (κ1) is 16.6. The van der Waals surface area contributed by atoms with E-state index in [1.165, 1.54) is 0 Å². The summed E-state index contributed by atoms with van der Waals surface area (Å²) in [5, 5.41) is 6.28. The van der Waals surface area contributed by atoms with Crippen molar-refractivity contribution >= 4 is 17.9 Å². The van der Waals surface area contributed by atoms with Crippen molar-refractivity contribution in [2.45, 2.75) is 32.8 Å². The molecule has 0 aromatic heterocycles. The van der Waals surface area contributed by atoms with E-state index in [0.29, 0.717) is 18.7 Å². The van der Waals surface area contributed by atoms with Crippen LogP contribution in [0.25, 0.3) is 16.5 Å². The zero-order valence-electron chi connectivity index (χ0n) is 12.5. The van der Waals surface area contributed by atoms with E-state index in [2.05, 4.69) is 15.3 Å². The minimum absolute atomic E-state index is 0.426. The lowest BCUT2D eigenvalue weighted by Gasteiger charge is -2.19. The highest BCUT2D eigenvalue weighted by molar-refractivity contribution is 5.67.